The maximum atomic E-state index is 14.2. The number of halogens is 15. The number of hydrogen-bond acceptors (Lipinski definition) is 3. The zero-order valence-corrected chi connectivity index (χ0v) is 16.2. The summed E-state index contributed by atoms with van der Waals surface area (Å²) in [6.45, 7) is 0.789. The van der Waals surface area contributed by atoms with Gasteiger partial charge in [-0.2, -0.15) is 65.9 Å². The van der Waals surface area contributed by atoms with E-state index < -0.39 is 65.7 Å². The Labute approximate surface area is 178 Å². The molecule has 0 amide bonds. The summed E-state index contributed by atoms with van der Waals surface area (Å²) in [4.78, 5) is 21.5. The van der Waals surface area contributed by atoms with Gasteiger partial charge in [0.05, 0.1) is 0 Å². The summed E-state index contributed by atoms with van der Waals surface area (Å²) in [5, 5.41) is 8.23. The first-order valence-corrected chi connectivity index (χ1v) is 8.09. The lowest BCUT2D eigenvalue weighted by molar-refractivity contribution is -0.456. The standard InChI is InChI=1S/C15H11F15O4/c1-5(2)8(34-7(33)4-3-6(31)32)9(16,17)10(18,19)11(20,21)12(22,23)13(24,25)14(26,27)15(28,29)30/h3-5,8H,1-2H3,(H,31,32). The fourth-order valence-corrected chi connectivity index (χ4v) is 2.09. The molecule has 1 unspecified atom stereocenters. The number of carboxylic acids is 1. The Balaban J connectivity index is 6.67. The molecule has 0 aromatic carbocycles. The minimum atomic E-state index is -8.47. The van der Waals surface area contributed by atoms with Crippen molar-refractivity contribution in [1.82, 2.24) is 0 Å². The summed E-state index contributed by atoms with van der Waals surface area (Å²) in [5.74, 6) is -54.5. The fraction of sp³-hybridized carbons (Fsp3) is 0.733. The highest BCUT2D eigenvalue weighted by Crippen LogP contribution is 2.63. The van der Waals surface area contributed by atoms with Crippen molar-refractivity contribution in [3.8, 4) is 0 Å². The number of carboxylic acid groups (broad SMARTS) is 1. The van der Waals surface area contributed by atoms with Crippen LogP contribution in [0.2, 0.25) is 0 Å². The summed E-state index contributed by atoms with van der Waals surface area (Å²) in [6, 6.07) is 0. The summed E-state index contributed by atoms with van der Waals surface area (Å²) < 4.78 is 202. The van der Waals surface area contributed by atoms with E-state index in [0.29, 0.717) is 13.8 Å². The molecule has 0 aliphatic heterocycles. The molecule has 0 radical (unpaired) electrons. The summed E-state index contributed by atoms with van der Waals surface area (Å²) in [5.41, 5.74) is 0. The topological polar surface area (TPSA) is 63.6 Å². The number of esters is 1. The molecule has 4 nitrogen and oxygen atoms in total. The van der Waals surface area contributed by atoms with Crippen molar-refractivity contribution in [1.29, 1.82) is 0 Å². The molecule has 0 aromatic heterocycles. The third kappa shape index (κ3) is 4.87. The summed E-state index contributed by atoms with van der Waals surface area (Å²) >= 11 is 0. The molecule has 0 fully saturated rings. The smallest absolute Gasteiger partial charge is 0.460 e. The van der Waals surface area contributed by atoms with Gasteiger partial charge in [0.25, 0.3) is 0 Å². The van der Waals surface area contributed by atoms with Gasteiger partial charge in [0.2, 0.25) is 0 Å². The van der Waals surface area contributed by atoms with E-state index in [1.165, 1.54) is 0 Å². The fourth-order valence-electron chi connectivity index (χ4n) is 2.09. The van der Waals surface area contributed by atoms with Gasteiger partial charge in [-0.1, -0.05) is 13.8 Å². The Hall–Kier alpha value is -2.37. The zero-order chi connectivity index (χ0) is 27.9. The minimum Gasteiger partial charge on any atom is -0.478 e. The van der Waals surface area contributed by atoms with E-state index in [4.69, 9.17) is 5.11 Å². The van der Waals surface area contributed by atoms with Gasteiger partial charge in [-0.15, -0.1) is 0 Å². The van der Waals surface area contributed by atoms with Gasteiger partial charge in [-0.25, -0.2) is 9.59 Å². The Morgan fingerprint density at radius 1 is 0.647 bits per heavy atom. The average molecular weight is 540 g/mol. The average Bonchev–Trinajstić information content (AvgIpc) is 2.62. The van der Waals surface area contributed by atoms with Crippen LogP contribution in [-0.4, -0.2) is 64.9 Å². The highest BCUT2D eigenvalue weighted by molar-refractivity contribution is 5.90. The number of carbonyl (C=O) groups is 2. The Bertz CT molecular complexity index is 798. The number of carbonyl (C=O) groups excluding carboxylic acids is 1. The molecule has 0 saturated carbocycles. The SMILES string of the molecule is CC(C)C(OC(=O)C=CC(=O)O)C(F)(F)C(F)(F)C(F)(F)C(F)(F)C(F)(F)C(F)(F)C(F)(F)F. The molecule has 0 heterocycles. The minimum absolute atomic E-state index is 0.154. The molecule has 34 heavy (non-hydrogen) atoms. The normalized spacial score (nSPS) is 16.2. The molecular formula is C15H11F15O4. The number of aliphatic carboxylic acids is 1. The van der Waals surface area contributed by atoms with Crippen molar-refractivity contribution in [3.63, 3.8) is 0 Å². The third-order valence-corrected chi connectivity index (χ3v) is 3.92. The van der Waals surface area contributed by atoms with Crippen LogP contribution in [0.15, 0.2) is 12.2 Å². The first kappa shape index (κ1) is 31.6. The van der Waals surface area contributed by atoms with Crippen LogP contribution in [-0.2, 0) is 14.3 Å². The summed E-state index contributed by atoms with van der Waals surface area (Å²) in [6.07, 6.45) is -12.1. The number of ether oxygens (including phenoxy) is 1. The van der Waals surface area contributed by atoms with Crippen molar-refractivity contribution in [3.05, 3.63) is 12.2 Å². The molecule has 1 atom stereocenters. The van der Waals surface area contributed by atoms with E-state index in [-0.39, 0.29) is 12.2 Å². The van der Waals surface area contributed by atoms with Crippen LogP contribution in [0.25, 0.3) is 0 Å². The predicted octanol–water partition coefficient (Wildman–Crippen LogP) is 5.57. The van der Waals surface area contributed by atoms with Crippen LogP contribution in [0.5, 0.6) is 0 Å². The van der Waals surface area contributed by atoms with E-state index in [2.05, 4.69) is 4.74 Å². The second kappa shape index (κ2) is 9.01. The van der Waals surface area contributed by atoms with Crippen LogP contribution in [0.1, 0.15) is 13.8 Å². The zero-order valence-electron chi connectivity index (χ0n) is 16.2. The highest BCUT2D eigenvalue weighted by Gasteiger charge is 2.94. The first-order chi connectivity index (χ1) is 14.6. The van der Waals surface area contributed by atoms with Crippen LogP contribution >= 0.6 is 0 Å². The van der Waals surface area contributed by atoms with E-state index in [1.54, 1.807) is 0 Å². The first-order valence-electron chi connectivity index (χ1n) is 8.09. The Morgan fingerprint density at radius 2 is 1.00 bits per heavy atom. The lowest BCUT2D eigenvalue weighted by Crippen LogP contribution is -2.74. The lowest BCUT2D eigenvalue weighted by Gasteiger charge is -2.43. The van der Waals surface area contributed by atoms with Crippen molar-refractivity contribution in [2.24, 2.45) is 5.92 Å². The molecule has 1 N–H and O–H groups in total. The molecule has 0 aliphatic carbocycles. The van der Waals surface area contributed by atoms with Crippen molar-refractivity contribution < 1.29 is 85.3 Å². The highest BCUT2D eigenvalue weighted by atomic mass is 19.4. The summed E-state index contributed by atoms with van der Waals surface area (Å²) in [7, 11) is 0. The maximum absolute atomic E-state index is 14.2. The number of hydrogen-bond donors (Lipinski definition) is 1. The molecule has 19 heteroatoms. The van der Waals surface area contributed by atoms with E-state index >= 15 is 0 Å². The maximum Gasteiger partial charge on any atom is 0.460 e. The van der Waals surface area contributed by atoms with Gasteiger partial charge in [0.1, 0.15) is 0 Å². The van der Waals surface area contributed by atoms with E-state index in [9.17, 15) is 75.4 Å². The molecule has 0 aromatic rings. The number of rotatable bonds is 10. The van der Waals surface area contributed by atoms with Gasteiger partial charge in [-0.05, 0) is 5.92 Å². The van der Waals surface area contributed by atoms with Crippen LogP contribution in [0.4, 0.5) is 65.9 Å². The van der Waals surface area contributed by atoms with Crippen molar-refractivity contribution in [2.45, 2.75) is 61.7 Å². The predicted molar refractivity (Wildman–Crippen MR) is 77.2 cm³/mol. The van der Waals surface area contributed by atoms with E-state index in [0.717, 1.165) is 0 Å². The Morgan fingerprint density at radius 3 is 1.32 bits per heavy atom. The molecule has 0 saturated heterocycles. The van der Waals surface area contributed by atoms with Gasteiger partial charge in [0, 0.05) is 12.2 Å². The van der Waals surface area contributed by atoms with Crippen molar-refractivity contribution in [2.75, 3.05) is 0 Å². The largest absolute Gasteiger partial charge is 0.478 e. The molecular weight excluding hydrogens is 529 g/mol. The van der Waals surface area contributed by atoms with Crippen LogP contribution in [0.3, 0.4) is 0 Å². The van der Waals surface area contributed by atoms with Crippen LogP contribution in [0, 0.1) is 5.92 Å². The van der Waals surface area contributed by atoms with Gasteiger partial charge in [-0.3, -0.25) is 0 Å². The lowest BCUT2D eigenvalue weighted by atomic mass is 9.86. The Kier molecular flexibility index (Phi) is 8.38. The van der Waals surface area contributed by atoms with Crippen molar-refractivity contribution >= 4 is 11.9 Å². The van der Waals surface area contributed by atoms with Crippen LogP contribution < -0.4 is 0 Å². The second-order valence-corrected chi connectivity index (χ2v) is 6.77. The second-order valence-electron chi connectivity index (χ2n) is 6.77. The third-order valence-electron chi connectivity index (χ3n) is 3.92. The van der Waals surface area contributed by atoms with Gasteiger partial charge in [0.15, 0.2) is 6.10 Å². The number of alkyl halides is 15. The van der Waals surface area contributed by atoms with E-state index in [1.807, 2.05) is 0 Å². The molecule has 0 bridgehead atoms. The monoisotopic (exact) mass is 540 g/mol. The van der Waals surface area contributed by atoms with Gasteiger partial charge < -0.3 is 9.84 Å². The quantitative estimate of drug-likeness (QED) is 0.224. The molecule has 0 rings (SSSR count). The molecule has 0 aliphatic rings. The van der Waals surface area contributed by atoms with Gasteiger partial charge >= 0.3 is 53.7 Å². The molecule has 0 spiro atoms. The molecule has 200 valence electrons.